The predicted octanol–water partition coefficient (Wildman–Crippen LogP) is 2.54. The molecular formula is C21H23F2N4O3+. The van der Waals surface area contributed by atoms with E-state index in [2.05, 4.69) is 10.1 Å². The molecule has 0 aliphatic rings. The summed E-state index contributed by atoms with van der Waals surface area (Å²) < 4.78 is 28.7. The van der Waals surface area contributed by atoms with Crippen LogP contribution in [0.4, 0.5) is 20.2 Å². The lowest BCUT2D eigenvalue weighted by Crippen LogP contribution is -2.85. The number of rotatable bonds is 8. The van der Waals surface area contributed by atoms with Crippen LogP contribution in [0.15, 0.2) is 48.7 Å². The third kappa shape index (κ3) is 5.95. The van der Waals surface area contributed by atoms with Gasteiger partial charge in [-0.3, -0.25) is 4.79 Å². The SMILES string of the molecule is CC(=N)C(C(=O)Nc1cccc(/C=C\N)c1C)C(=O)[NH2+]c1ccc(OC(F)F)cc1. The van der Waals surface area contributed by atoms with Crippen LogP contribution in [0.25, 0.3) is 6.08 Å². The number of carbonyl (C=O) groups is 2. The molecule has 2 rings (SSSR count). The molecule has 158 valence electrons. The van der Waals surface area contributed by atoms with E-state index in [0.29, 0.717) is 11.4 Å². The predicted molar refractivity (Wildman–Crippen MR) is 110 cm³/mol. The maximum Gasteiger partial charge on any atom is 0.387 e. The Morgan fingerprint density at radius 3 is 2.43 bits per heavy atom. The Kier molecular flexibility index (Phi) is 7.76. The normalized spacial score (nSPS) is 12.0. The first-order chi connectivity index (χ1) is 14.2. The van der Waals surface area contributed by atoms with Crippen molar-refractivity contribution in [2.45, 2.75) is 20.5 Å². The number of anilines is 1. The summed E-state index contributed by atoms with van der Waals surface area (Å²) in [5.41, 5.74) is 7.77. The van der Waals surface area contributed by atoms with E-state index in [0.717, 1.165) is 11.1 Å². The van der Waals surface area contributed by atoms with E-state index in [4.69, 9.17) is 11.1 Å². The van der Waals surface area contributed by atoms with E-state index < -0.39 is 24.3 Å². The highest BCUT2D eigenvalue weighted by Crippen LogP contribution is 2.21. The van der Waals surface area contributed by atoms with Crippen molar-refractivity contribution in [3.63, 3.8) is 0 Å². The molecule has 0 heterocycles. The van der Waals surface area contributed by atoms with E-state index in [1.54, 1.807) is 25.1 Å². The summed E-state index contributed by atoms with van der Waals surface area (Å²) in [7, 11) is 0. The molecule has 0 aliphatic heterocycles. The molecule has 0 bridgehead atoms. The quantitative estimate of drug-likeness (QED) is 0.299. The number of amides is 2. The molecule has 2 aromatic carbocycles. The molecule has 2 amide bonds. The summed E-state index contributed by atoms with van der Waals surface area (Å²) in [6, 6.07) is 10.7. The maximum absolute atomic E-state index is 12.7. The Hall–Kier alpha value is -3.59. The summed E-state index contributed by atoms with van der Waals surface area (Å²) in [6.45, 7) is 0.224. The van der Waals surface area contributed by atoms with Gasteiger partial charge in [0.1, 0.15) is 11.4 Å². The largest absolute Gasteiger partial charge is 0.435 e. The number of carbonyl (C=O) groups excluding carboxylic acids is 2. The van der Waals surface area contributed by atoms with Gasteiger partial charge in [0.25, 0.3) is 0 Å². The smallest absolute Gasteiger partial charge is 0.387 e. The lowest BCUT2D eigenvalue weighted by atomic mass is 10.0. The zero-order valence-corrected chi connectivity index (χ0v) is 16.5. The molecule has 0 aliphatic carbocycles. The van der Waals surface area contributed by atoms with Crippen LogP contribution in [0.3, 0.4) is 0 Å². The van der Waals surface area contributed by atoms with E-state index in [9.17, 15) is 18.4 Å². The molecule has 2 aromatic rings. The number of quaternary nitrogens is 1. The number of nitrogens with one attached hydrogen (secondary N) is 2. The van der Waals surface area contributed by atoms with Gasteiger partial charge in [-0.1, -0.05) is 12.1 Å². The maximum atomic E-state index is 12.7. The number of hydrogen-bond acceptors (Lipinski definition) is 5. The number of ether oxygens (including phenoxy) is 1. The van der Waals surface area contributed by atoms with Gasteiger partial charge in [0, 0.05) is 23.5 Å². The second-order valence-corrected chi connectivity index (χ2v) is 6.48. The Morgan fingerprint density at radius 2 is 1.87 bits per heavy atom. The molecule has 30 heavy (non-hydrogen) atoms. The minimum absolute atomic E-state index is 0.0472. The highest BCUT2D eigenvalue weighted by molar-refractivity contribution is 6.19. The molecule has 1 unspecified atom stereocenters. The third-order valence-electron chi connectivity index (χ3n) is 4.30. The molecule has 0 aromatic heterocycles. The average molecular weight is 417 g/mol. The van der Waals surface area contributed by atoms with Crippen LogP contribution in [0.2, 0.25) is 0 Å². The molecule has 0 radical (unpaired) electrons. The molecular weight excluding hydrogens is 394 g/mol. The standard InChI is InChI=1S/C21H22F2N4O3/c1-12-14(10-11-24)4-3-5-17(12)27-20(29)18(13(2)25)19(28)26-15-6-8-16(9-7-15)30-21(22)23/h3-11,18,21,25H,24H2,1-2H3,(H,26,28)(H,27,29)/p+1/b11-10-,25-13?. The molecule has 6 N–H and O–H groups in total. The Balaban J connectivity index is 2.15. The Labute approximate surface area is 172 Å². The van der Waals surface area contributed by atoms with E-state index in [-0.39, 0.29) is 11.5 Å². The van der Waals surface area contributed by atoms with Crippen LogP contribution in [-0.2, 0) is 9.59 Å². The second-order valence-electron chi connectivity index (χ2n) is 6.48. The summed E-state index contributed by atoms with van der Waals surface area (Å²) in [5, 5.41) is 11.8. The lowest BCUT2D eigenvalue weighted by molar-refractivity contribution is -0.484. The monoisotopic (exact) mass is 417 g/mol. The first-order valence-electron chi connectivity index (χ1n) is 9.00. The van der Waals surface area contributed by atoms with Crippen LogP contribution in [0.5, 0.6) is 5.75 Å². The van der Waals surface area contributed by atoms with Crippen LogP contribution in [0.1, 0.15) is 18.1 Å². The summed E-state index contributed by atoms with van der Waals surface area (Å²) in [4.78, 5) is 25.4. The third-order valence-corrected chi connectivity index (χ3v) is 4.30. The molecule has 0 saturated carbocycles. The minimum atomic E-state index is -2.95. The van der Waals surface area contributed by atoms with Crippen molar-refractivity contribution >= 4 is 35.0 Å². The number of hydrogen-bond donors (Lipinski definition) is 4. The van der Waals surface area contributed by atoms with Crippen molar-refractivity contribution < 1.29 is 28.4 Å². The average Bonchev–Trinajstić information content (AvgIpc) is 2.66. The number of primary amides is 1. The zero-order valence-electron chi connectivity index (χ0n) is 16.5. The number of halogens is 2. The first-order valence-corrected chi connectivity index (χ1v) is 9.00. The van der Waals surface area contributed by atoms with Crippen LogP contribution < -0.4 is 21.1 Å². The molecule has 0 fully saturated rings. The van der Waals surface area contributed by atoms with Crippen molar-refractivity contribution in [2.24, 2.45) is 11.7 Å². The Bertz CT molecular complexity index is 959. The fourth-order valence-electron chi connectivity index (χ4n) is 2.81. The van der Waals surface area contributed by atoms with Gasteiger partial charge in [0.05, 0.1) is 0 Å². The van der Waals surface area contributed by atoms with Gasteiger partial charge in [0.2, 0.25) is 5.91 Å². The van der Waals surface area contributed by atoms with Gasteiger partial charge in [0.15, 0.2) is 5.92 Å². The number of nitrogens with two attached hydrogens (primary N) is 2. The molecule has 7 nitrogen and oxygen atoms in total. The van der Waals surface area contributed by atoms with Gasteiger partial charge in [-0.05, 0) is 55.4 Å². The van der Waals surface area contributed by atoms with E-state index in [1.807, 2.05) is 6.07 Å². The van der Waals surface area contributed by atoms with Crippen molar-refractivity contribution in [1.29, 1.82) is 5.41 Å². The topological polar surface area (TPSA) is 122 Å². The van der Waals surface area contributed by atoms with Crippen LogP contribution >= 0.6 is 0 Å². The molecule has 9 heteroatoms. The second kappa shape index (κ2) is 10.3. The highest BCUT2D eigenvalue weighted by atomic mass is 19.3. The Morgan fingerprint density at radius 1 is 1.20 bits per heavy atom. The van der Waals surface area contributed by atoms with E-state index in [1.165, 1.54) is 42.7 Å². The molecule has 0 spiro atoms. The number of benzene rings is 2. The van der Waals surface area contributed by atoms with Gasteiger partial charge >= 0.3 is 12.5 Å². The molecule has 0 saturated heterocycles. The van der Waals surface area contributed by atoms with Crippen LogP contribution in [-0.4, -0.2) is 24.1 Å². The molecule has 1 atom stereocenters. The number of alkyl halides is 2. The zero-order chi connectivity index (χ0) is 22.3. The fourth-order valence-corrected chi connectivity index (χ4v) is 2.81. The lowest BCUT2D eigenvalue weighted by Gasteiger charge is -2.15. The van der Waals surface area contributed by atoms with Crippen LogP contribution in [0, 0.1) is 18.3 Å². The van der Waals surface area contributed by atoms with Crippen molar-refractivity contribution in [3.05, 3.63) is 59.8 Å². The minimum Gasteiger partial charge on any atom is -0.435 e. The van der Waals surface area contributed by atoms with Gasteiger partial charge in [-0.2, -0.15) is 8.78 Å². The van der Waals surface area contributed by atoms with Crippen molar-refractivity contribution in [2.75, 3.05) is 5.32 Å². The van der Waals surface area contributed by atoms with Gasteiger partial charge in [-0.25, -0.2) is 10.1 Å². The first kappa shape index (κ1) is 22.7. The van der Waals surface area contributed by atoms with Gasteiger partial charge in [-0.15, -0.1) is 0 Å². The summed E-state index contributed by atoms with van der Waals surface area (Å²) in [6.07, 6.45) is 3.07. The van der Waals surface area contributed by atoms with Crippen molar-refractivity contribution in [3.8, 4) is 5.75 Å². The summed E-state index contributed by atoms with van der Waals surface area (Å²) in [5.74, 6) is -2.61. The highest BCUT2D eigenvalue weighted by Gasteiger charge is 2.33. The van der Waals surface area contributed by atoms with E-state index >= 15 is 0 Å². The van der Waals surface area contributed by atoms with Gasteiger partial charge < -0.3 is 21.2 Å². The fraction of sp³-hybridized carbons (Fsp3) is 0.190. The van der Waals surface area contributed by atoms with Crippen molar-refractivity contribution in [1.82, 2.24) is 0 Å². The summed E-state index contributed by atoms with van der Waals surface area (Å²) >= 11 is 0.